The molecule has 0 radical (unpaired) electrons. The Bertz CT molecular complexity index is 423. The number of rotatable bonds is 3. The van der Waals surface area contributed by atoms with Gasteiger partial charge in [0.05, 0.1) is 0 Å². The third-order valence-electron chi connectivity index (χ3n) is 1.96. The van der Waals surface area contributed by atoms with Crippen molar-refractivity contribution in [2.75, 3.05) is 5.32 Å². The molecular weight excluding hydrogens is 212 g/mol. The Balaban J connectivity index is 2.03. The van der Waals surface area contributed by atoms with Crippen LogP contribution in [0.3, 0.4) is 0 Å². The predicted octanol–water partition coefficient (Wildman–Crippen LogP) is 1.54. The molecule has 1 amide bonds. The molecule has 5 nitrogen and oxygen atoms in total. The first-order valence-corrected chi connectivity index (χ1v) is 5.35. The first-order valence-electron chi connectivity index (χ1n) is 4.47. The van der Waals surface area contributed by atoms with Crippen LogP contribution in [0.15, 0.2) is 30.0 Å². The molecule has 0 aliphatic rings. The number of nitrogens with zero attached hydrogens (tertiary/aromatic N) is 3. The highest BCUT2D eigenvalue weighted by Gasteiger charge is 2.15. The molecule has 0 spiro atoms. The Morgan fingerprint density at radius 3 is 3.07 bits per heavy atom. The van der Waals surface area contributed by atoms with E-state index in [9.17, 15) is 4.79 Å². The lowest BCUT2D eigenvalue weighted by atomic mass is 10.3. The fraction of sp³-hybridized carbons (Fsp3) is 0.222. The van der Waals surface area contributed by atoms with Gasteiger partial charge < -0.3 is 5.32 Å². The number of hydrogen-bond donors (Lipinski definition) is 1. The zero-order chi connectivity index (χ0) is 10.7. The molecule has 2 aromatic heterocycles. The minimum absolute atomic E-state index is 0.117. The van der Waals surface area contributed by atoms with Crippen molar-refractivity contribution in [1.29, 1.82) is 0 Å². The number of amides is 1. The number of thiazole rings is 1. The SMILES string of the molecule is C[C@H](C(=O)Nc1nccs1)n1cccn1. The number of anilines is 1. The summed E-state index contributed by atoms with van der Waals surface area (Å²) < 4.78 is 1.60. The highest BCUT2D eigenvalue weighted by Crippen LogP contribution is 2.13. The summed E-state index contributed by atoms with van der Waals surface area (Å²) >= 11 is 1.39. The molecule has 2 rings (SSSR count). The van der Waals surface area contributed by atoms with Crippen LogP contribution in [0.1, 0.15) is 13.0 Å². The lowest BCUT2D eigenvalue weighted by Gasteiger charge is -2.10. The summed E-state index contributed by atoms with van der Waals surface area (Å²) in [7, 11) is 0. The van der Waals surface area contributed by atoms with Crippen LogP contribution in [0.4, 0.5) is 5.13 Å². The second-order valence-corrected chi connectivity index (χ2v) is 3.88. The van der Waals surface area contributed by atoms with Gasteiger partial charge in [0, 0.05) is 24.0 Å². The molecule has 78 valence electrons. The second-order valence-electron chi connectivity index (χ2n) is 2.99. The fourth-order valence-electron chi connectivity index (χ4n) is 1.12. The van der Waals surface area contributed by atoms with Gasteiger partial charge in [-0.05, 0) is 13.0 Å². The van der Waals surface area contributed by atoms with Crippen molar-refractivity contribution in [2.45, 2.75) is 13.0 Å². The van der Waals surface area contributed by atoms with Crippen molar-refractivity contribution >= 4 is 22.4 Å². The van der Waals surface area contributed by atoms with E-state index >= 15 is 0 Å². The van der Waals surface area contributed by atoms with Gasteiger partial charge >= 0.3 is 0 Å². The largest absolute Gasteiger partial charge is 0.300 e. The fourth-order valence-corrected chi connectivity index (χ4v) is 1.66. The minimum Gasteiger partial charge on any atom is -0.300 e. The molecule has 1 N–H and O–H groups in total. The molecule has 6 heteroatoms. The summed E-state index contributed by atoms with van der Waals surface area (Å²) in [5, 5.41) is 9.15. The Morgan fingerprint density at radius 1 is 1.60 bits per heavy atom. The van der Waals surface area contributed by atoms with E-state index in [2.05, 4.69) is 15.4 Å². The lowest BCUT2D eigenvalue weighted by Crippen LogP contribution is -2.23. The van der Waals surface area contributed by atoms with E-state index in [1.54, 1.807) is 36.3 Å². The maximum Gasteiger partial charge on any atom is 0.250 e. The van der Waals surface area contributed by atoms with Gasteiger partial charge in [0.2, 0.25) is 0 Å². The zero-order valence-electron chi connectivity index (χ0n) is 8.12. The van der Waals surface area contributed by atoms with Crippen LogP contribution in [0.2, 0.25) is 0 Å². The van der Waals surface area contributed by atoms with E-state index in [0.717, 1.165) is 0 Å². The average molecular weight is 222 g/mol. The van der Waals surface area contributed by atoms with Crippen LogP contribution < -0.4 is 5.32 Å². The zero-order valence-corrected chi connectivity index (χ0v) is 8.94. The van der Waals surface area contributed by atoms with E-state index in [1.165, 1.54) is 11.3 Å². The number of hydrogen-bond acceptors (Lipinski definition) is 4. The Kier molecular flexibility index (Phi) is 2.77. The molecule has 0 saturated carbocycles. The van der Waals surface area contributed by atoms with Crippen molar-refractivity contribution in [2.24, 2.45) is 0 Å². The number of nitrogens with one attached hydrogen (secondary N) is 1. The summed E-state index contributed by atoms with van der Waals surface area (Å²) in [5.41, 5.74) is 0. The first kappa shape index (κ1) is 9.85. The molecule has 1 atom stereocenters. The van der Waals surface area contributed by atoms with E-state index in [1.807, 2.05) is 5.38 Å². The topological polar surface area (TPSA) is 59.8 Å². The molecule has 0 aromatic carbocycles. The van der Waals surface area contributed by atoms with Gasteiger partial charge in [0.25, 0.3) is 5.91 Å². The normalized spacial score (nSPS) is 12.3. The highest BCUT2D eigenvalue weighted by molar-refractivity contribution is 7.13. The van der Waals surface area contributed by atoms with Crippen LogP contribution in [-0.2, 0) is 4.79 Å². The Hall–Kier alpha value is -1.69. The van der Waals surface area contributed by atoms with E-state index in [-0.39, 0.29) is 11.9 Å². The number of carbonyl (C=O) groups excluding carboxylic acids is 1. The third-order valence-corrected chi connectivity index (χ3v) is 2.65. The molecule has 2 heterocycles. The molecule has 0 bridgehead atoms. The number of aromatic nitrogens is 3. The monoisotopic (exact) mass is 222 g/mol. The molecule has 15 heavy (non-hydrogen) atoms. The van der Waals surface area contributed by atoms with Gasteiger partial charge in [0.15, 0.2) is 5.13 Å². The highest BCUT2D eigenvalue weighted by atomic mass is 32.1. The quantitative estimate of drug-likeness (QED) is 0.856. The maximum absolute atomic E-state index is 11.7. The van der Waals surface area contributed by atoms with E-state index in [4.69, 9.17) is 0 Å². The van der Waals surface area contributed by atoms with Crippen molar-refractivity contribution in [3.8, 4) is 0 Å². The average Bonchev–Trinajstić information content (AvgIpc) is 2.88. The van der Waals surface area contributed by atoms with Crippen molar-refractivity contribution < 1.29 is 4.79 Å². The summed E-state index contributed by atoms with van der Waals surface area (Å²) in [6, 6.07) is 1.46. The van der Waals surface area contributed by atoms with E-state index < -0.39 is 0 Å². The van der Waals surface area contributed by atoms with Gasteiger partial charge in [-0.25, -0.2) is 4.98 Å². The molecule has 0 saturated heterocycles. The molecule has 0 aliphatic carbocycles. The van der Waals surface area contributed by atoms with Crippen molar-refractivity contribution in [3.63, 3.8) is 0 Å². The summed E-state index contributed by atoms with van der Waals surface area (Å²) in [4.78, 5) is 15.7. The first-order chi connectivity index (χ1) is 7.27. The summed E-state index contributed by atoms with van der Waals surface area (Å²) in [6.07, 6.45) is 5.05. The summed E-state index contributed by atoms with van der Waals surface area (Å²) in [6.45, 7) is 1.79. The lowest BCUT2D eigenvalue weighted by molar-refractivity contribution is -0.119. The standard InChI is InChI=1S/C9H10N4OS/c1-7(13-5-2-3-11-13)8(14)12-9-10-4-6-15-9/h2-7H,1H3,(H,10,12,14)/t7-/m1/s1. The Labute approximate surface area is 90.8 Å². The maximum atomic E-state index is 11.7. The predicted molar refractivity (Wildman–Crippen MR) is 57.7 cm³/mol. The second kappa shape index (κ2) is 4.22. The van der Waals surface area contributed by atoms with Crippen LogP contribution in [0, 0.1) is 0 Å². The molecular formula is C9H10N4OS. The smallest absolute Gasteiger partial charge is 0.250 e. The minimum atomic E-state index is -0.330. The molecule has 2 aromatic rings. The molecule has 0 fully saturated rings. The van der Waals surface area contributed by atoms with Crippen LogP contribution >= 0.6 is 11.3 Å². The third kappa shape index (κ3) is 2.21. The van der Waals surface area contributed by atoms with Crippen LogP contribution in [0.25, 0.3) is 0 Å². The number of carbonyl (C=O) groups is 1. The molecule has 0 unspecified atom stereocenters. The van der Waals surface area contributed by atoms with Crippen molar-refractivity contribution in [1.82, 2.24) is 14.8 Å². The summed E-state index contributed by atoms with van der Waals surface area (Å²) in [5.74, 6) is -0.117. The van der Waals surface area contributed by atoms with Crippen LogP contribution in [0.5, 0.6) is 0 Å². The van der Waals surface area contributed by atoms with Crippen LogP contribution in [-0.4, -0.2) is 20.7 Å². The van der Waals surface area contributed by atoms with Gasteiger partial charge in [-0.3, -0.25) is 9.48 Å². The Morgan fingerprint density at radius 2 is 2.47 bits per heavy atom. The molecule has 0 aliphatic heterocycles. The van der Waals surface area contributed by atoms with Gasteiger partial charge in [-0.1, -0.05) is 0 Å². The van der Waals surface area contributed by atoms with Gasteiger partial charge in [-0.15, -0.1) is 11.3 Å². The van der Waals surface area contributed by atoms with Crippen molar-refractivity contribution in [3.05, 3.63) is 30.0 Å². The van der Waals surface area contributed by atoms with Gasteiger partial charge in [-0.2, -0.15) is 5.10 Å². The van der Waals surface area contributed by atoms with E-state index in [0.29, 0.717) is 5.13 Å². The van der Waals surface area contributed by atoms with Gasteiger partial charge in [0.1, 0.15) is 6.04 Å².